The summed E-state index contributed by atoms with van der Waals surface area (Å²) >= 11 is 0. The van der Waals surface area contributed by atoms with Crippen LogP contribution in [0.25, 0.3) is 0 Å². The number of carbonyl (C=O) groups excluding carboxylic acids is 6. The second kappa shape index (κ2) is 11.8. The van der Waals surface area contributed by atoms with Crippen molar-refractivity contribution >= 4 is 47.8 Å². The van der Waals surface area contributed by atoms with Gasteiger partial charge in [0.1, 0.15) is 0 Å². The third-order valence-electron chi connectivity index (χ3n) is 2.87. The number of carboxylic acids is 2. The molecule has 0 unspecified atom stereocenters. The summed E-state index contributed by atoms with van der Waals surface area (Å²) in [5.41, 5.74) is 0. The van der Waals surface area contributed by atoms with Crippen molar-refractivity contribution in [1.29, 1.82) is 0 Å². The third-order valence-corrected chi connectivity index (χ3v) is 2.87. The van der Waals surface area contributed by atoms with Crippen LogP contribution in [0.3, 0.4) is 0 Å². The zero-order valence-electron chi connectivity index (χ0n) is 16.5. The van der Waals surface area contributed by atoms with Crippen LogP contribution in [-0.2, 0) is 62.0 Å². The molecule has 0 aromatic heterocycles. The van der Waals surface area contributed by atoms with Crippen LogP contribution in [0.15, 0.2) is 0 Å². The molecule has 0 saturated carbocycles. The number of aliphatic carboxylic acids is 2. The van der Waals surface area contributed by atoms with Crippen LogP contribution < -0.4 is 0 Å². The van der Waals surface area contributed by atoms with Gasteiger partial charge >= 0.3 is 47.8 Å². The lowest BCUT2D eigenvalue weighted by Gasteiger charge is -2.24. The molecular weight excluding hydrogens is 432 g/mol. The molecule has 4 atom stereocenters. The topological polar surface area (TPSA) is 223 Å². The van der Waals surface area contributed by atoms with E-state index in [0.717, 1.165) is 27.7 Å². The second-order valence-electron chi connectivity index (χ2n) is 5.54. The average molecular weight is 450 g/mol. The fourth-order valence-corrected chi connectivity index (χ4v) is 1.88. The van der Waals surface area contributed by atoms with E-state index in [9.17, 15) is 38.4 Å². The van der Waals surface area contributed by atoms with Gasteiger partial charge in [0, 0.05) is 27.7 Å². The lowest BCUT2D eigenvalue weighted by Crippen LogP contribution is -2.50. The Morgan fingerprint density at radius 2 is 0.710 bits per heavy atom. The fraction of sp³-hybridized carbons (Fsp3) is 0.500. The summed E-state index contributed by atoms with van der Waals surface area (Å²) in [5, 5.41) is 18.2. The van der Waals surface area contributed by atoms with Gasteiger partial charge in [-0.3, -0.25) is 19.2 Å². The standard InChI is InChI=1S/C16H18O15/c1-5(17)27-9(13(21)22)11(29-7(3)19)15(25)31-16(26)12(30-8(4)20)10(14(23)24)28-6(2)18/h9-12H,1-4H3,(H,21,22)(H,23,24)/t9-,10-,11-,12-/m0/s1. The molecule has 0 amide bonds. The van der Waals surface area contributed by atoms with E-state index in [0.29, 0.717) is 0 Å². The van der Waals surface area contributed by atoms with Crippen molar-refractivity contribution in [2.24, 2.45) is 0 Å². The van der Waals surface area contributed by atoms with Gasteiger partial charge in [0.05, 0.1) is 0 Å². The maximum absolute atomic E-state index is 12.3. The molecule has 31 heavy (non-hydrogen) atoms. The van der Waals surface area contributed by atoms with Gasteiger partial charge in [-0.2, -0.15) is 0 Å². The molecule has 15 heteroatoms. The monoisotopic (exact) mass is 450 g/mol. The average Bonchev–Trinajstić information content (AvgIpc) is 2.59. The number of rotatable bonds is 10. The van der Waals surface area contributed by atoms with E-state index in [1.54, 1.807) is 0 Å². The normalized spacial score (nSPS) is 13.9. The van der Waals surface area contributed by atoms with Crippen molar-refractivity contribution in [1.82, 2.24) is 0 Å². The van der Waals surface area contributed by atoms with E-state index in [4.69, 9.17) is 10.2 Å². The van der Waals surface area contributed by atoms with Gasteiger partial charge in [-0.15, -0.1) is 0 Å². The molecule has 0 aliphatic carbocycles. The third kappa shape index (κ3) is 9.33. The minimum atomic E-state index is -2.50. The first-order valence-electron chi connectivity index (χ1n) is 8.07. The molecule has 0 spiro atoms. The van der Waals surface area contributed by atoms with Gasteiger partial charge in [-0.05, 0) is 0 Å². The predicted octanol–water partition coefficient (Wildman–Crippen LogP) is -2.05. The summed E-state index contributed by atoms with van der Waals surface area (Å²) in [6.45, 7) is 3.03. The number of esters is 6. The molecule has 0 rings (SSSR count). The lowest BCUT2D eigenvalue weighted by molar-refractivity contribution is -0.198. The van der Waals surface area contributed by atoms with Crippen molar-refractivity contribution in [3.8, 4) is 0 Å². The molecule has 0 bridgehead atoms. The van der Waals surface area contributed by atoms with E-state index < -0.39 is 72.2 Å². The Balaban J connectivity index is 5.93. The van der Waals surface area contributed by atoms with Gasteiger partial charge in [0.25, 0.3) is 0 Å². The van der Waals surface area contributed by atoms with Crippen molar-refractivity contribution in [2.45, 2.75) is 52.1 Å². The van der Waals surface area contributed by atoms with Crippen LogP contribution >= 0.6 is 0 Å². The highest BCUT2D eigenvalue weighted by Gasteiger charge is 2.46. The molecular formula is C16H18O15. The minimum absolute atomic E-state index is 0.748. The highest BCUT2D eigenvalue weighted by molar-refractivity contribution is 5.97. The van der Waals surface area contributed by atoms with Crippen LogP contribution in [0.1, 0.15) is 27.7 Å². The van der Waals surface area contributed by atoms with Crippen LogP contribution in [0.5, 0.6) is 0 Å². The van der Waals surface area contributed by atoms with E-state index >= 15 is 0 Å². The molecule has 0 aromatic carbocycles. The Hall–Kier alpha value is -4.04. The Morgan fingerprint density at radius 1 is 0.484 bits per heavy atom. The number of hydrogen-bond acceptors (Lipinski definition) is 13. The molecule has 172 valence electrons. The van der Waals surface area contributed by atoms with E-state index in [2.05, 4.69) is 23.7 Å². The van der Waals surface area contributed by atoms with Crippen LogP contribution in [0.4, 0.5) is 0 Å². The number of hydrogen-bond donors (Lipinski definition) is 2. The van der Waals surface area contributed by atoms with Gasteiger partial charge in [0.2, 0.25) is 24.4 Å². The zero-order chi connectivity index (χ0) is 24.5. The maximum atomic E-state index is 12.3. The largest absolute Gasteiger partial charge is 0.478 e. The Morgan fingerprint density at radius 3 is 0.903 bits per heavy atom. The molecule has 0 heterocycles. The van der Waals surface area contributed by atoms with E-state index in [1.807, 2.05) is 0 Å². The summed E-state index contributed by atoms with van der Waals surface area (Å²) in [6, 6.07) is 0. The number of carbonyl (C=O) groups is 8. The number of ether oxygens (including phenoxy) is 5. The molecule has 0 aliphatic heterocycles. The van der Waals surface area contributed by atoms with Gasteiger partial charge < -0.3 is 33.9 Å². The summed E-state index contributed by atoms with van der Waals surface area (Å²) in [6.07, 6.45) is -9.90. The highest BCUT2D eigenvalue weighted by Crippen LogP contribution is 2.13. The number of carboxylic acid groups (broad SMARTS) is 2. The van der Waals surface area contributed by atoms with Gasteiger partial charge in [0.15, 0.2) is 0 Å². The maximum Gasteiger partial charge on any atom is 0.359 e. The second-order valence-corrected chi connectivity index (χ2v) is 5.54. The van der Waals surface area contributed by atoms with E-state index in [-0.39, 0.29) is 0 Å². The van der Waals surface area contributed by atoms with Gasteiger partial charge in [-0.1, -0.05) is 0 Å². The first kappa shape index (κ1) is 27.0. The SMILES string of the molecule is CC(=O)O[C@H](C(=O)O)[C@H](OC(C)=O)C(=O)OC(=O)[C@@H](OC(C)=O)[C@H](OC(C)=O)C(=O)O. The summed E-state index contributed by atoms with van der Waals surface area (Å²) in [5.74, 6) is -12.7. The Kier molecular flexibility index (Phi) is 10.3. The molecule has 15 nitrogen and oxygen atoms in total. The molecule has 0 fully saturated rings. The van der Waals surface area contributed by atoms with Gasteiger partial charge in [-0.25, -0.2) is 19.2 Å². The first-order valence-corrected chi connectivity index (χ1v) is 8.07. The lowest BCUT2D eigenvalue weighted by atomic mass is 10.2. The van der Waals surface area contributed by atoms with Crippen molar-refractivity contribution < 1.29 is 72.3 Å². The summed E-state index contributed by atoms with van der Waals surface area (Å²) in [4.78, 5) is 91.6. The summed E-state index contributed by atoms with van der Waals surface area (Å²) < 4.78 is 21.9. The van der Waals surface area contributed by atoms with Crippen LogP contribution in [0.2, 0.25) is 0 Å². The smallest absolute Gasteiger partial charge is 0.359 e. The zero-order valence-corrected chi connectivity index (χ0v) is 16.5. The van der Waals surface area contributed by atoms with Crippen LogP contribution in [-0.4, -0.2) is 82.4 Å². The van der Waals surface area contributed by atoms with Crippen molar-refractivity contribution in [2.75, 3.05) is 0 Å². The molecule has 0 aromatic rings. The van der Waals surface area contributed by atoms with Crippen LogP contribution in [0, 0.1) is 0 Å². The molecule has 0 aliphatic rings. The van der Waals surface area contributed by atoms with E-state index in [1.165, 1.54) is 0 Å². The fourth-order valence-electron chi connectivity index (χ4n) is 1.88. The Labute approximate surface area is 173 Å². The Bertz CT molecular complexity index is 718. The molecule has 0 saturated heterocycles. The predicted molar refractivity (Wildman–Crippen MR) is 88.6 cm³/mol. The quantitative estimate of drug-likeness (QED) is 0.207. The molecule has 0 radical (unpaired) electrons. The summed E-state index contributed by atoms with van der Waals surface area (Å²) in [7, 11) is 0. The highest BCUT2D eigenvalue weighted by atomic mass is 16.7. The van der Waals surface area contributed by atoms with Crippen molar-refractivity contribution in [3.05, 3.63) is 0 Å². The molecule has 2 N–H and O–H groups in total. The minimum Gasteiger partial charge on any atom is -0.478 e. The first-order chi connectivity index (χ1) is 14.2. The van der Waals surface area contributed by atoms with Crippen molar-refractivity contribution in [3.63, 3.8) is 0 Å².